The van der Waals surface area contributed by atoms with E-state index in [0.29, 0.717) is 0 Å². The first-order chi connectivity index (χ1) is 8.24. The van der Waals surface area contributed by atoms with Crippen molar-refractivity contribution in [1.29, 1.82) is 0 Å². The predicted molar refractivity (Wildman–Crippen MR) is 68.7 cm³/mol. The molecule has 3 rings (SSSR count). The zero-order chi connectivity index (χ0) is 11.8. The van der Waals surface area contributed by atoms with E-state index < -0.39 is 0 Å². The summed E-state index contributed by atoms with van der Waals surface area (Å²) in [6.07, 6.45) is 3.71. The Labute approximate surface area is 101 Å². The van der Waals surface area contributed by atoms with E-state index >= 15 is 0 Å². The van der Waals surface area contributed by atoms with E-state index in [2.05, 4.69) is 28.4 Å². The number of nitrogens with one attached hydrogen (secondary N) is 1. The summed E-state index contributed by atoms with van der Waals surface area (Å²) in [5.41, 5.74) is 12.0. The Morgan fingerprint density at radius 2 is 2.06 bits per heavy atom. The fourth-order valence-electron chi connectivity index (χ4n) is 2.45. The molecule has 0 radical (unpaired) electrons. The van der Waals surface area contributed by atoms with Crippen LogP contribution in [0.15, 0.2) is 24.3 Å². The van der Waals surface area contributed by atoms with Crippen LogP contribution in [0.3, 0.4) is 0 Å². The van der Waals surface area contributed by atoms with E-state index in [-0.39, 0.29) is 6.04 Å². The fourth-order valence-corrected chi connectivity index (χ4v) is 2.45. The molecule has 1 aliphatic rings. The number of aromatic nitrogens is 2. The third kappa shape index (κ3) is 1.87. The maximum atomic E-state index is 5.82. The summed E-state index contributed by atoms with van der Waals surface area (Å²) in [5.74, 6) is 0. The summed E-state index contributed by atoms with van der Waals surface area (Å²) in [4.78, 5) is 0. The zero-order valence-corrected chi connectivity index (χ0v) is 10.0. The van der Waals surface area contributed by atoms with Gasteiger partial charge in [-0.25, -0.2) is 0 Å². The van der Waals surface area contributed by atoms with Gasteiger partial charge in [0.1, 0.15) is 0 Å². The minimum absolute atomic E-state index is 0.00526. The van der Waals surface area contributed by atoms with Crippen molar-refractivity contribution in [3.63, 3.8) is 0 Å². The molecule has 0 aliphatic heterocycles. The summed E-state index contributed by atoms with van der Waals surface area (Å²) in [6.45, 7) is 1.96. The van der Waals surface area contributed by atoms with Gasteiger partial charge in [-0.2, -0.15) is 5.10 Å². The lowest BCUT2D eigenvalue weighted by atomic mass is 10.0. The number of nitrogens with two attached hydrogens (primary N) is 1. The van der Waals surface area contributed by atoms with Gasteiger partial charge in [0.05, 0.1) is 11.4 Å². The highest BCUT2D eigenvalue weighted by molar-refractivity contribution is 5.62. The molecular weight excluding hydrogens is 210 g/mol. The van der Waals surface area contributed by atoms with Gasteiger partial charge in [0.2, 0.25) is 0 Å². The van der Waals surface area contributed by atoms with E-state index in [1.165, 1.54) is 36.0 Å². The lowest BCUT2D eigenvalue weighted by Gasteiger charge is -2.02. The highest BCUT2D eigenvalue weighted by Crippen LogP contribution is 2.27. The molecule has 88 valence electrons. The molecule has 1 unspecified atom stereocenters. The van der Waals surface area contributed by atoms with Crippen LogP contribution in [0, 0.1) is 0 Å². The molecule has 1 atom stereocenters. The lowest BCUT2D eigenvalue weighted by Crippen LogP contribution is -2.04. The van der Waals surface area contributed by atoms with Crippen LogP contribution in [0.2, 0.25) is 0 Å². The number of hydrogen-bond acceptors (Lipinski definition) is 2. The summed E-state index contributed by atoms with van der Waals surface area (Å²) < 4.78 is 0. The smallest absolute Gasteiger partial charge is 0.0924 e. The van der Waals surface area contributed by atoms with Crippen molar-refractivity contribution in [2.45, 2.75) is 32.2 Å². The van der Waals surface area contributed by atoms with Gasteiger partial charge in [-0.15, -0.1) is 0 Å². The van der Waals surface area contributed by atoms with Crippen LogP contribution >= 0.6 is 0 Å². The third-order valence-corrected chi connectivity index (χ3v) is 3.48. The quantitative estimate of drug-likeness (QED) is 0.828. The van der Waals surface area contributed by atoms with Gasteiger partial charge in [0.15, 0.2) is 0 Å². The Balaban J connectivity index is 1.97. The minimum Gasteiger partial charge on any atom is -0.323 e. The summed E-state index contributed by atoms with van der Waals surface area (Å²) >= 11 is 0. The summed E-state index contributed by atoms with van der Waals surface area (Å²) in [5, 5.41) is 7.32. The van der Waals surface area contributed by atoms with Crippen molar-refractivity contribution in [3.05, 3.63) is 41.1 Å². The standard InChI is InChI=1S/C14H17N3/c1-9(15)13-8-14(17-16-13)12-6-5-10-3-2-4-11(10)7-12/h5-9H,2-4,15H2,1H3,(H,16,17). The van der Waals surface area contributed by atoms with Crippen molar-refractivity contribution < 1.29 is 0 Å². The Bertz CT molecular complexity index is 540. The van der Waals surface area contributed by atoms with Gasteiger partial charge >= 0.3 is 0 Å². The maximum absolute atomic E-state index is 5.82. The Hall–Kier alpha value is -1.61. The second kappa shape index (κ2) is 4.00. The number of fused-ring (bicyclic) bond motifs is 1. The zero-order valence-electron chi connectivity index (χ0n) is 10.0. The molecule has 1 heterocycles. The van der Waals surface area contributed by atoms with Crippen LogP contribution in [0.1, 0.15) is 36.2 Å². The average molecular weight is 227 g/mol. The molecule has 2 aromatic rings. The lowest BCUT2D eigenvalue weighted by molar-refractivity contribution is 0.772. The molecular formula is C14H17N3. The van der Waals surface area contributed by atoms with E-state index in [1.54, 1.807) is 0 Å². The van der Waals surface area contributed by atoms with E-state index in [0.717, 1.165) is 11.4 Å². The van der Waals surface area contributed by atoms with Gasteiger partial charge < -0.3 is 5.73 Å². The van der Waals surface area contributed by atoms with Crippen molar-refractivity contribution in [2.75, 3.05) is 0 Å². The predicted octanol–water partition coefficient (Wildman–Crippen LogP) is 2.59. The molecule has 1 aromatic carbocycles. The van der Waals surface area contributed by atoms with E-state index in [1.807, 2.05) is 13.0 Å². The monoisotopic (exact) mass is 227 g/mol. The number of benzene rings is 1. The first kappa shape index (κ1) is 10.5. The molecule has 0 fully saturated rings. The number of H-pyrrole nitrogens is 1. The van der Waals surface area contributed by atoms with Gasteiger partial charge in [-0.05, 0) is 49.4 Å². The summed E-state index contributed by atoms with van der Waals surface area (Å²) in [7, 11) is 0. The number of aryl methyl sites for hydroxylation is 2. The van der Waals surface area contributed by atoms with Crippen LogP contribution < -0.4 is 5.73 Å². The molecule has 3 heteroatoms. The molecule has 1 aromatic heterocycles. The normalized spacial score (nSPS) is 15.9. The third-order valence-electron chi connectivity index (χ3n) is 3.48. The Morgan fingerprint density at radius 3 is 2.82 bits per heavy atom. The fraction of sp³-hybridized carbons (Fsp3) is 0.357. The molecule has 0 bridgehead atoms. The van der Waals surface area contributed by atoms with Crippen molar-refractivity contribution in [3.8, 4) is 11.3 Å². The van der Waals surface area contributed by atoms with Crippen LogP contribution in [-0.4, -0.2) is 10.2 Å². The average Bonchev–Trinajstić information content (AvgIpc) is 2.97. The number of rotatable bonds is 2. The Kier molecular flexibility index (Phi) is 2.48. The van der Waals surface area contributed by atoms with E-state index in [9.17, 15) is 0 Å². The number of aromatic amines is 1. The molecule has 0 amide bonds. The second-order valence-electron chi connectivity index (χ2n) is 4.83. The summed E-state index contributed by atoms with van der Waals surface area (Å²) in [6, 6.07) is 8.71. The molecule has 3 N–H and O–H groups in total. The van der Waals surface area contributed by atoms with E-state index in [4.69, 9.17) is 5.73 Å². The number of hydrogen-bond donors (Lipinski definition) is 2. The molecule has 17 heavy (non-hydrogen) atoms. The Morgan fingerprint density at radius 1 is 1.24 bits per heavy atom. The molecule has 1 aliphatic carbocycles. The number of nitrogens with zero attached hydrogens (tertiary/aromatic N) is 1. The topological polar surface area (TPSA) is 54.7 Å². The highest BCUT2D eigenvalue weighted by Gasteiger charge is 2.13. The second-order valence-corrected chi connectivity index (χ2v) is 4.83. The van der Waals surface area contributed by atoms with Gasteiger partial charge in [0, 0.05) is 11.6 Å². The molecule has 0 saturated heterocycles. The van der Waals surface area contributed by atoms with Gasteiger partial charge in [-0.1, -0.05) is 12.1 Å². The van der Waals surface area contributed by atoms with Gasteiger partial charge in [0.25, 0.3) is 0 Å². The minimum atomic E-state index is 0.00526. The van der Waals surface area contributed by atoms with Crippen molar-refractivity contribution in [1.82, 2.24) is 10.2 Å². The first-order valence-electron chi connectivity index (χ1n) is 6.17. The highest BCUT2D eigenvalue weighted by atomic mass is 15.1. The largest absolute Gasteiger partial charge is 0.323 e. The van der Waals surface area contributed by atoms with Crippen LogP contribution in [-0.2, 0) is 12.8 Å². The van der Waals surface area contributed by atoms with Crippen molar-refractivity contribution >= 4 is 0 Å². The molecule has 3 nitrogen and oxygen atoms in total. The molecule has 0 spiro atoms. The van der Waals surface area contributed by atoms with Crippen LogP contribution in [0.4, 0.5) is 0 Å². The van der Waals surface area contributed by atoms with Gasteiger partial charge in [-0.3, -0.25) is 5.10 Å². The first-order valence-corrected chi connectivity index (χ1v) is 6.17. The maximum Gasteiger partial charge on any atom is 0.0924 e. The van der Waals surface area contributed by atoms with Crippen molar-refractivity contribution in [2.24, 2.45) is 5.73 Å². The van der Waals surface area contributed by atoms with Crippen LogP contribution in [0.5, 0.6) is 0 Å². The SMILES string of the molecule is CC(N)c1cc(-c2ccc3c(c2)CCC3)n[nH]1. The van der Waals surface area contributed by atoms with Crippen LogP contribution in [0.25, 0.3) is 11.3 Å². The molecule has 0 saturated carbocycles.